The largest absolute Gasteiger partial charge is 0.361 e. The average molecular weight is 370 g/mol. The van der Waals surface area contributed by atoms with Crippen LogP contribution in [-0.4, -0.2) is 59.6 Å². The van der Waals surface area contributed by atoms with Crippen LogP contribution in [0, 0.1) is 13.8 Å². The Morgan fingerprint density at radius 2 is 1.89 bits per heavy atom. The van der Waals surface area contributed by atoms with Gasteiger partial charge in [-0.1, -0.05) is 29.4 Å². The molecule has 1 aliphatic heterocycles. The summed E-state index contributed by atoms with van der Waals surface area (Å²) < 4.78 is 5.13. The molecule has 3 rings (SSSR count). The van der Waals surface area contributed by atoms with Gasteiger partial charge in [-0.2, -0.15) is 0 Å². The summed E-state index contributed by atoms with van der Waals surface area (Å²) in [7, 11) is 0. The van der Waals surface area contributed by atoms with Crippen LogP contribution in [-0.2, 0) is 17.8 Å². The Hall–Kier alpha value is -2.18. The van der Waals surface area contributed by atoms with E-state index in [1.165, 1.54) is 11.1 Å². The number of carbonyl (C=O) groups is 1. The maximum absolute atomic E-state index is 12.4. The molecule has 0 saturated carbocycles. The highest BCUT2D eigenvalue weighted by Gasteiger charge is 2.20. The third-order valence-corrected chi connectivity index (χ3v) is 5.09. The third kappa shape index (κ3) is 5.91. The number of benzene rings is 1. The number of piperazine rings is 1. The first-order valence-electron chi connectivity index (χ1n) is 9.70. The minimum absolute atomic E-state index is 0.108. The van der Waals surface area contributed by atoms with Crippen molar-refractivity contribution in [3.05, 3.63) is 52.9 Å². The van der Waals surface area contributed by atoms with Gasteiger partial charge in [-0.05, 0) is 38.3 Å². The second kappa shape index (κ2) is 9.15. The smallest absolute Gasteiger partial charge is 0.234 e. The van der Waals surface area contributed by atoms with Gasteiger partial charge in [0.15, 0.2) is 0 Å². The lowest BCUT2D eigenvalue weighted by Gasteiger charge is -2.34. The van der Waals surface area contributed by atoms with Gasteiger partial charge in [-0.3, -0.25) is 14.6 Å². The molecule has 1 amide bonds. The van der Waals surface area contributed by atoms with Crippen LogP contribution < -0.4 is 5.32 Å². The fourth-order valence-corrected chi connectivity index (χ4v) is 3.57. The van der Waals surface area contributed by atoms with Crippen molar-refractivity contribution < 1.29 is 9.32 Å². The lowest BCUT2D eigenvalue weighted by Crippen LogP contribution is -2.50. The molecule has 6 nitrogen and oxygen atoms in total. The summed E-state index contributed by atoms with van der Waals surface area (Å²) in [5.41, 5.74) is 3.54. The van der Waals surface area contributed by atoms with Gasteiger partial charge < -0.3 is 9.84 Å². The monoisotopic (exact) mass is 370 g/mol. The number of aromatic nitrogens is 1. The van der Waals surface area contributed by atoms with Crippen molar-refractivity contribution in [2.75, 3.05) is 32.7 Å². The van der Waals surface area contributed by atoms with E-state index in [9.17, 15) is 4.79 Å². The quantitative estimate of drug-likeness (QED) is 0.809. The van der Waals surface area contributed by atoms with Crippen LogP contribution in [0.1, 0.15) is 29.5 Å². The molecule has 0 spiro atoms. The van der Waals surface area contributed by atoms with E-state index in [2.05, 4.69) is 52.3 Å². The van der Waals surface area contributed by atoms with Gasteiger partial charge >= 0.3 is 0 Å². The molecule has 1 atom stereocenters. The highest BCUT2D eigenvalue weighted by Crippen LogP contribution is 2.11. The molecule has 0 radical (unpaired) electrons. The molecule has 1 aliphatic rings. The van der Waals surface area contributed by atoms with Crippen LogP contribution in [0.5, 0.6) is 0 Å². The Morgan fingerprint density at radius 3 is 2.56 bits per heavy atom. The van der Waals surface area contributed by atoms with Gasteiger partial charge in [0, 0.05) is 44.8 Å². The van der Waals surface area contributed by atoms with Crippen molar-refractivity contribution in [1.29, 1.82) is 0 Å². The van der Waals surface area contributed by atoms with E-state index in [-0.39, 0.29) is 11.9 Å². The highest BCUT2D eigenvalue weighted by molar-refractivity contribution is 5.78. The van der Waals surface area contributed by atoms with E-state index in [1.807, 2.05) is 19.1 Å². The van der Waals surface area contributed by atoms with Crippen LogP contribution >= 0.6 is 0 Å². The van der Waals surface area contributed by atoms with Crippen LogP contribution in [0.25, 0.3) is 0 Å². The van der Waals surface area contributed by atoms with Gasteiger partial charge in [0.05, 0.1) is 12.2 Å². The van der Waals surface area contributed by atoms with E-state index in [0.717, 1.165) is 50.6 Å². The van der Waals surface area contributed by atoms with Gasteiger partial charge in [-0.15, -0.1) is 0 Å². The maximum atomic E-state index is 12.4. The number of rotatable bonds is 7. The molecule has 146 valence electrons. The lowest BCUT2D eigenvalue weighted by molar-refractivity contribution is -0.123. The van der Waals surface area contributed by atoms with E-state index in [1.54, 1.807) is 0 Å². The van der Waals surface area contributed by atoms with Crippen molar-refractivity contribution >= 4 is 5.91 Å². The summed E-state index contributed by atoms with van der Waals surface area (Å²) in [4.78, 5) is 17.0. The van der Waals surface area contributed by atoms with Crippen molar-refractivity contribution in [3.8, 4) is 0 Å². The Labute approximate surface area is 161 Å². The number of hydrogen-bond donors (Lipinski definition) is 1. The molecular formula is C21H30N4O2. The molecule has 2 heterocycles. The Morgan fingerprint density at radius 1 is 1.19 bits per heavy atom. The fraction of sp³-hybridized carbons (Fsp3) is 0.524. The number of hydrogen-bond acceptors (Lipinski definition) is 5. The molecule has 0 bridgehead atoms. The number of nitrogens with one attached hydrogen (secondary N) is 1. The SMILES string of the molecule is Cc1cc(CN2CCN(CC(=O)NC(C)Cc3ccccc3C)CC2)no1. The Balaban J connectivity index is 1.38. The number of carbonyl (C=O) groups excluding carboxylic acids is 1. The predicted molar refractivity (Wildman–Crippen MR) is 105 cm³/mol. The van der Waals surface area contributed by atoms with Gasteiger partial charge in [0.25, 0.3) is 0 Å². The molecule has 1 N–H and O–H groups in total. The summed E-state index contributed by atoms with van der Waals surface area (Å²) in [6.45, 7) is 11.1. The molecular weight excluding hydrogens is 340 g/mol. The second-order valence-corrected chi connectivity index (χ2v) is 7.58. The number of nitrogens with zero attached hydrogens (tertiary/aromatic N) is 3. The summed E-state index contributed by atoms with van der Waals surface area (Å²) in [5, 5.41) is 7.20. The summed E-state index contributed by atoms with van der Waals surface area (Å²) in [6.07, 6.45) is 0.864. The molecule has 2 aromatic rings. The minimum Gasteiger partial charge on any atom is -0.361 e. The zero-order chi connectivity index (χ0) is 19.2. The molecule has 27 heavy (non-hydrogen) atoms. The predicted octanol–water partition coefficient (Wildman–Crippen LogP) is 2.16. The first-order valence-corrected chi connectivity index (χ1v) is 9.70. The van der Waals surface area contributed by atoms with Gasteiger partial charge in [0.1, 0.15) is 5.76 Å². The fourth-order valence-electron chi connectivity index (χ4n) is 3.57. The van der Waals surface area contributed by atoms with Crippen LogP contribution in [0.3, 0.4) is 0 Å². The topological polar surface area (TPSA) is 61.6 Å². The van der Waals surface area contributed by atoms with E-state index < -0.39 is 0 Å². The Bertz CT molecular complexity index is 750. The van der Waals surface area contributed by atoms with Crippen molar-refractivity contribution in [2.24, 2.45) is 0 Å². The van der Waals surface area contributed by atoms with E-state index in [0.29, 0.717) is 6.54 Å². The summed E-state index contributed by atoms with van der Waals surface area (Å²) in [6, 6.07) is 10.5. The van der Waals surface area contributed by atoms with Crippen LogP contribution in [0.15, 0.2) is 34.9 Å². The third-order valence-electron chi connectivity index (χ3n) is 5.09. The summed E-state index contributed by atoms with van der Waals surface area (Å²) in [5.74, 6) is 0.955. The van der Waals surface area contributed by atoms with Gasteiger partial charge in [-0.25, -0.2) is 0 Å². The standard InChI is InChI=1S/C21H30N4O2/c1-16-6-4-5-7-19(16)12-17(2)22-21(26)15-25-10-8-24(9-11-25)14-20-13-18(3)27-23-20/h4-7,13,17H,8-12,14-15H2,1-3H3,(H,22,26). The van der Waals surface area contributed by atoms with E-state index >= 15 is 0 Å². The highest BCUT2D eigenvalue weighted by atomic mass is 16.5. The van der Waals surface area contributed by atoms with Crippen molar-refractivity contribution in [3.63, 3.8) is 0 Å². The molecule has 1 unspecified atom stereocenters. The first-order chi connectivity index (χ1) is 13.0. The number of amides is 1. The molecule has 0 aliphatic carbocycles. The van der Waals surface area contributed by atoms with Crippen LogP contribution in [0.2, 0.25) is 0 Å². The zero-order valence-electron chi connectivity index (χ0n) is 16.6. The molecule has 6 heteroatoms. The second-order valence-electron chi connectivity index (χ2n) is 7.58. The molecule has 1 saturated heterocycles. The Kier molecular flexibility index (Phi) is 6.63. The van der Waals surface area contributed by atoms with Crippen molar-refractivity contribution in [2.45, 2.75) is 39.8 Å². The lowest BCUT2D eigenvalue weighted by atomic mass is 10.0. The normalized spacial score (nSPS) is 17.0. The molecule has 1 aromatic heterocycles. The zero-order valence-corrected chi connectivity index (χ0v) is 16.6. The van der Waals surface area contributed by atoms with Gasteiger partial charge in [0.2, 0.25) is 5.91 Å². The molecule has 1 aromatic carbocycles. The minimum atomic E-state index is 0.108. The molecule has 1 fully saturated rings. The average Bonchev–Trinajstić information content (AvgIpc) is 3.03. The first kappa shape index (κ1) is 19.6. The van der Waals surface area contributed by atoms with Crippen molar-refractivity contribution in [1.82, 2.24) is 20.3 Å². The summed E-state index contributed by atoms with van der Waals surface area (Å²) >= 11 is 0. The maximum Gasteiger partial charge on any atom is 0.234 e. The number of aryl methyl sites for hydroxylation is 2. The van der Waals surface area contributed by atoms with Crippen LogP contribution in [0.4, 0.5) is 0 Å². The van der Waals surface area contributed by atoms with E-state index in [4.69, 9.17) is 4.52 Å².